The summed E-state index contributed by atoms with van der Waals surface area (Å²) in [6.07, 6.45) is 1.77. The Hall–Kier alpha value is -7.81. The largest absolute Gasteiger partial charge is 0.398 e. The van der Waals surface area contributed by atoms with Crippen LogP contribution < -0.4 is 5.73 Å². The van der Waals surface area contributed by atoms with E-state index < -0.39 is 5.41 Å². The van der Waals surface area contributed by atoms with E-state index in [2.05, 4.69) is 165 Å². The van der Waals surface area contributed by atoms with E-state index in [9.17, 15) is 0 Å². The molecule has 2 aliphatic rings. The molecule has 1 spiro atoms. The van der Waals surface area contributed by atoms with Gasteiger partial charge >= 0.3 is 0 Å². The van der Waals surface area contributed by atoms with Crippen molar-refractivity contribution in [2.45, 2.75) is 12.3 Å². The maximum absolute atomic E-state index is 8.74. The van der Waals surface area contributed by atoms with Gasteiger partial charge in [-0.25, -0.2) is 0 Å². The highest BCUT2D eigenvalue weighted by Gasteiger charge is 2.54. The Kier molecular flexibility index (Phi) is 8.61. The molecule has 2 aliphatic carbocycles. The average molecular weight is 779 g/mol. The molecule has 288 valence electrons. The van der Waals surface area contributed by atoms with Crippen molar-refractivity contribution in [3.05, 3.63) is 257 Å². The number of allylic oxidation sites excluding steroid dienone is 1. The third-order valence-corrected chi connectivity index (χ3v) is 12.8. The minimum Gasteiger partial charge on any atom is -0.398 e. The van der Waals surface area contributed by atoms with Gasteiger partial charge in [0.1, 0.15) is 0 Å². The summed E-state index contributed by atoms with van der Waals surface area (Å²) in [6, 6.07) is 76.0. The summed E-state index contributed by atoms with van der Waals surface area (Å²) in [7, 11) is 0. The van der Waals surface area contributed by atoms with Gasteiger partial charge < -0.3 is 11.1 Å². The van der Waals surface area contributed by atoms with Crippen LogP contribution in [0, 0.1) is 12.3 Å². The summed E-state index contributed by atoms with van der Waals surface area (Å²) < 4.78 is 0. The first-order chi connectivity index (χ1) is 30.0. The van der Waals surface area contributed by atoms with Gasteiger partial charge in [-0.15, -0.1) is 0 Å². The maximum Gasteiger partial charge on any atom is 0.0737 e. The molecule has 0 bridgehead atoms. The number of aryl methyl sites for hydroxylation is 1. The summed E-state index contributed by atoms with van der Waals surface area (Å²) >= 11 is 0. The van der Waals surface area contributed by atoms with Crippen LogP contribution in [0.1, 0.15) is 38.9 Å². The first kappa shape index (κ1) is 36.3. The summed E-state index contributed by atoms with van der Waals surface area (Å²) in [5, 5.41) is 16.3. The lowest BCUT2D eigenvalue weighted by atomic mass is 9.68. The third kappa shape index (κ3) is 5.60. The van der Waals surface area contributed by atoms with Crippen molar-refractivity contribution < 1.29 is 0 Å². The Morgan fingerprint density at radius 2 is 0.918 bits per heavy atom. The van der Waals surface area contributed by atoms with Crippen LogP contribution in [0.3, 0.4) is 0 Å². The van der Waals surface area contributed by atoms with E-state index >= 15 is 0 Å². The quantitative estimate of drug-likeness (QED) is 0.136. The first-order valence-corrected chi connectivity index (χ1v) is 21.0. The second kappa shape index (κ2) is 14.5. The molecule has 0 saturated carbocycles. The van der Waals surface area contributed by atoms with Crippen LogP contribution in [0.4, 0.5) is 0 Å². The highest BCUT2D eigenvalue weighted by Crippen LogP contribution is 2.67. The lowest BCUT2D eigenvalue weighted by Gasteiger charge is -2.33. The van der Waals surface area contributed by atoms with Crippen LogP contribution in [0.5, 0.6) is 0 Å². The van der Waals surface area contributed by atoms with Crippen LogP contribution in [0.15, 0.2) is 218 Å². The molecule has 0 amide bonds. The molecule has 0 aliphatic heterocycles. The topological polar surface area (TPSA) is 49.9 Å². The number of benzene rings is 10. The zero-order chi connectivity index (χ0) is 41.1. The minimum absolute atomic E-state index is 0.389. The van der Waals surface area contributed by atoms with Crippen molar-refractivity contribution in [2.24, 2.45) is 5.73 Å². The van der Waals surface area contributed by atoms with Gasteiger partial charge in [0.25, 0.3) is 0 Å². The van der Waals surface area contributed by atoms with Gasteiger partial charge in [0, 0.05) is 5.70 Å². The fourth-order valence-electron chi connectivity index (χ4n) is 10.3. The zero-order valence-electron chi connectivity index (χ0n) is 33.9. The average Bonchev–Trinajstić information content (AvgIpc) is 3.80. The lowest BCUT2D eigenvalue weighted by molar-refractivity contribution is 0.809. The summed E-state index contributed by atoms with van der Waals surface area (Å²) in [4.78, 5) is 0. The molecule has 61 heavy (non-hydrogen) atoms. The molecule has 10 aromatic carbocycles. The molecule has 12 rings (SSSR count). The van der Waals surface area contributed by atoms with Gasteiger partial charge in [0.05, 0.1) is 11.1 Å². The third-order valence-electron chi connectivity index (χ3n) is 12.8. The van der Waals surface area contributed by atoms with Crippen molar-refractivity contribution >= 4 is 43.7 Å². The summed E-state index contributed by atoms with van der Waals surface area (Å²) in [5.41, 5.74) is 23.1. The van der Waals surface area contributed by atoms with Crippen LogP contribution in [0.25, 0.3) is 71.4 Å². The van der Waals surface area contributed by atoms with E-state index in [4.69, 9.17) is 11.1 Å². The molecule has 0 radical (unpaired) electrons. The van der Waals surface area contributed by atoms with E-state index in [0.29, 0.717) is 11.4 Å². The molecule has 0 saturated heterocycles. The Bertz CT molecular complexity index is 3350. The zero-order valence-corrected chi connectivity index (χ0v) is 33.9. The molecule has 2 heteroatoms. The van der Waals surface area contributed by atoms with Crippen LogP contribution in [0.2, 0.25) is 0 Å². The van der Waals surface area contributed by atoms with Gasteiger partial charge in [-0.2, -0.15) is 0 Å². The summed E-state index contributed by atoms with van der Waals surface area (Å²) in [5.74, 6) is 0. The number of nitrogens with two attached hydrogens (primary N) is 1. The van der Waals surface area contributed by atoms with Gasteiger partial charge in [-0.05, 0) is 124 Å². The predicted molar refractivity (Wildman–Crippen MR) is 257 cm³/mol. The molecule has 0 unspecified atom stereocenters. The van der Waals surface area contributed by atoms with E-state index in [1.807, 2.05) is 54.6 Å². The normalized spacial score (nSPS) is 13.0. The van der Waals surface area contributed by atoms with Gasteiger partial charge in [-0.1, -0.05) is 206 Å². The number of rotatable bonds is 4. The standard InChI is InChI=1S/C52H34N2.C7H8/c53-47(32-15-2-1-3-16-32)31-48(54)34-18-14-17-33(29-34)43-30-44-49-40-24-7-4-19-35(40)36-20-5-9-26-42(36)51(49)52(50(44)41-25-8-6-21-37(41)43)45-27-12-10-22-38(45)39-23-11-13-28-46(39)52;1-7-5-3-2-4-6-7/h1-31,53H,54H2;2-6H,1H3/b48-31-,53-47?;. The fourth-order valence-corrected chi connectivity index (χ4v) is 10.3. The van der Waals surface area contributed by atoms with E-state index in [-0.39, 0.29) is 0 Å². The Morgan fingerprint density at radius 3 is 1.54 bits per heavy atom. The smallest absolute Gasteiger partial charge is 0.0737 e. The maximum atomic E-state index is 8.74. The molecule has 3 N–H and O–H groups in total. The van der Waals surface area contributed by atoms with E-state index in [0.717, 1.165) is 22.3 Å². The molecular formula is C59H42N2. The van der Waals surface area contributed by atoms with Gasteiger partial charge in [-0.3, -0.25) is 0 Å². The van der Waals surface area contributed by atoms with Crippen LogP contribution in [-0.4, -0.2) is 5.71 Å². The second-order valence-corrected chi connectivity index (χ2v) is 16.2. The molecule has 0 aromatic heterocycles. The molecule has 0 fully saturated rings. The second-order valence-electron chi connectivity index (χ2n) is 16.2. The minimum atomic E-state index is -0.521. The molecular weight excluding hydrogens is 737 g/mol. The van der Waals surface area contributed by atoms with E-state index in [1.165, 1.54) is 82.4 Å². The number of hydrogen-bond donors (Lipinski definition) is 2. The van der Waals surface area contributed by atoms with Crippen LogP contribution in [-0.2, 0) is 5.41 Å². The highest BCUT2D eigenvalue weighted by atomic mass is 14.6. The summed E-state index contributed by atoms with van der Waals surface area (Å²) in [6.45, 7) is 2.08. The Labute approximate surface area is 356 Å². The number of nitrogens with one attached hydrogen (secondary N) is 1. The molecule has 0 heterocycles. The van der Waals surface area contributed by atoms with Crippen LogP contribution >= 0.6 is 0 Å². The Balaban J connectivity index is 0.000000549. The molecule has 10 aromatic rings. The lowest BCUT2D eigenvalue weighted by Crippen LogP contribution is -2.26. The Morgan fingerprint density at radius 1 is 0.426 bits per heavy atom. The van der Waals surface area contributed by atoms with Gasteiger partial charge in [0.2, 0.25) is 0 Å². The highest BCUT2D eigenvalue weighted by molar-refractivity contribution is 6.22. The van der Waals surface area contributed by atoms with Crippen molar-refractivity contribution in [3.8, 4) is 33.4 Å². The fraction of sp³-hybridized carbons (Fsp3) is 0.0339. The van der Waals surface area contributed by atoms with E-state index in [1.54, 1.807) is 6.08 Å². The van der Waals surface area contributed by atoms with Crippen molar-refractivity contribution in [3.63, 3.8) is 0 Å². The van der Waals surface area contributed by atoms with Gasteiger partial charge in [0.15, 0.2) is 0 Å². The molecule has 2 nitrogen and oxygen atoms in total. The molecule has 0 atom stereocenters. The van der Waals surface area contributed by atoms with Crippen molar-refractivity contribution in [2.75, 3.05) is 0 Å². The monoisotopic (exact) mass is 778 g/mol. The predicted octanol–water partition coefficient (Wildman–Crippen LogP) is 14.5. The van der Waals surface area contributed by atoms with Crippen molar-refractivity contribution in [1.29, 1.82) is 5.41 Å². The SMILES string of the molecule is Cc1ccccc1.N=C(/C=C(\N)c1cccc(-c2cc3c(c4ccccc24)C2(c4ccccc4-c4ccccc42)c2c-3c3ccccc3c3ccccc23)c1)c1ccccc1. The van der Waals surface area contributed by atoms with Crippen molar-refractivity contribution in [1.82, 2.24) is 0 Å². The first-order valence-electron chi connectivity index (χ1n) is 21.0. The number of fused-ring (bicyclic) bond motifs is 17. The number of hydrogen-bond acceptors (Lipinski definition) is 2.